The first kappa shape index (κ1) is 32.1. The molecule has 4 rings (SSSR count). The Hall–Kier alpha value is -1.83. The number of thiazole rings is 1. The first-order valence-electron chi connectivity index (χ1n) is 13.7. The van der Waals surface area contributed by atoms with Crippen LogP contribution in [0.2, 0.25) is 0 Å². The number of carbonyl (C=O) groups excluding carboxylic acids is 1. The van der Waals surface area contributed by atoms with Crippen molar-refractivity contribution in [2.24, 2.45) is 5.41 Å². The second-order valence-corrected chi connectivity index (χ2v) is 13.7. The molecule has 41 heavy (non-hydrogen) atoms. The average molecular weight is 624 g/mol. The summed E-state index contributed by atoms with van der Waals surface area (Å²) in [5.41, 5.74) is -3.32. The highest BCUT2D eigenvalue weighted by molar-refractivity contribution is 7.97. The lowest BCUT2D eigenvalue weighted by molar-refractivity contribution is -0.234. The van der Waals surface area contributed by atoms with E-state index in [1.807, 2.05) is 20.8 Å². The van der Waals surface area contributed by atoms with Gasteiger partial charge in [0.25, 0.3) is 5.91 Å². The Bertz CT molecular complexity index is 1210. The van der Waals surface area contributed by atoms with Gasteiger partial charge in [0.2, 0.25) is 0 Å². The number of halogens is 6. The van der Waals surface area contributed by atoms with E-state index in [4.69, 9.17) is 4.74 Å². The maximum atomic E-state index is 14.5. The van der Waals surface area contributed by atoms with E-state index in [0.717, 1.165) is 29.4 Å². The summed E-state index contributed by atoms with van der Waals surface area (Å²) < 4.78 is 94.2. The van der Waals surface area contributed by atoms with Gasteiger partial charge in [-0.25, -0.2) is 4.98 Å². The summed E-state index contributed by atoms with van der Waals surface area (Å²) in [6.45, 7) is 6.41. The van der Waals surface area contributed by atoms with E-state index >= 15 is 0 Å². The zero-order valence-corrected chi connectivity index (χ0v) is 24.9. The topological polar surface area (TPSA) is 63.2 Å². The molecule has 2 aliphatic rings. The standard InChI is InChI=1S/C28H35F6N3O2S2/c1-25(2,3)37-41-21-8-7-17(15-19(21)27(29,30)31)22-20(16-26(28(32,33)34)11-5-4-6-12-26)36-24(40-22)23(38)35-18-9-13-39-14-10-18/h7-8,15,18,37H,4-6,9-14,16H2,1-3H3,(H,35,38). The third kappa shape index (κ3) is 7.97. The number of rotatable bonds is 7. The molecule has 1 amide bonds. The van der Waals surface area contributed by atoms with Crippen molar-refractivity contribution in [3.8, 4) is 10.4 Å². The highest BCUT2D eigenvalue weighted by Gasteiger charge is 2.55. The Morgan fingerprint density at radius 2 is 1.73 bits per heavy atom. The van der Waals surface area contributed by atoms with Crippen molar-refractivity contribution >= 4 is 29.2 Å². The molecule has 0 bridgehead atoms. The Morgan fingerprint density at radius 1 is 1.07 bits per heavy atom. The molecule has 1 aliphatic heterocycles. The third-order valence-electron chi connectivity index (χ3n) is 7.38. The zero-order chi connectivity index (χ0) is 30.1. The minimum atomic E-state index is -4.71. The number of ether oxygens (including phenoxy) is 1. The van der Waals surface area contributed by atoms with E-state index in [-0.39, 0.29) is 44.9 Å². The zero-order valence-electron chi connectivity index (χ0n) is 23.2. The Kier molecular flexibility index (Phi) is 9.72. The molecule has 1 saturated carbocycles. The molecular formula is C28H35F6N3O2S2. The van der Waals surface area contributed by atoms with Crippen molar-refractivity contribution in [3.05, 3.63) is 34.5 Å². The van der Waals surface area contributed by atoms with Gasteiger partial charge in [-0.05, 0) is 76.1 Å². The number of nitrogens with zero attached hydrogens (tertiary/aromatic N) is 1. The lowest BCUT2D eigenvalue weighted by atomic mass is 9.70. The summed E-state index contributed by atoms with van der Waals surface area (Å²) in [5.74, 6) is -0.545. The van der Waals surface area contributed by atoms with E-state index in [2.05, 4.69) is 15.0 Å². The van der Waals surface area contributed by atoms with Crippen LogP contribution in [-0.2, 0) is 17.3 Å². The summed E-state index contributed by atoms with van der Waals surface area (Å²) in [5, 5.41) is 2.80. The monoisotopic (exact) mass is 623 g/mol. The van der Waals surface area contributed by atoms with Crippen LogP contribution in [-0.4, -0.2) is 41.9 Å². The van der Waals surface area contributed by atoms with Crippen LogP contribution in [0.3, 0.4) is 0 Å². The maximum absolute atomic E-state index is 14.5. The molecule has 5 nitrogen and oxygen atoms in total. The van der Waals surface area contributed by atoms with Gasteiger partial charge in [0.15, 0.2) is 5.01 Å². The summed E-state index contributed by atoms with van der Waals surface area (Å²) >= 11 is 1.68. The number of hydrogen-bond acceptors (Lipinski definition) is 6. The summed E-state index contributed by atoms with van der Waals surface area (Å²) in [7, 11) is 0. The maximum Gasteiger partial charge on any atom is 0.417 e. The predicted molar refractivity (Wildman–Crippen MR) is 148 cm³/mol. The van der Waals surface area contributed by atoms with Crippen LogP contribution in [0.15, 0.2) is 23.1 Å². The Labute approximate surface area is 244 Å². The number of hydrogen-bond donors (Lipinski definition) is 2. The van der Waals surface area contributed by atoms with Gasteiger partial charge in [0.1, 0.15) is 0 Å². The van der Waals surface area contributed by atoms with Crippen LogP contribution in [0.25, 0.3) is 10.4 Å². The molecule has 1 saturated heterocycles. The van der Waals surface area contributed by atoms with Gasteiger partial charge in [-0.1, -0.05) is 25.3 Å². The fourth-order valence-corrected chi connectivity index (χ4v) is 7.00. The number of amides is 1. The number of benzene rings is 1. The second kappa shape index (κ2) is 12.4. The highest BCUT2D eigenvalue weighted by atomic mass is 32.2. The first-order valence-corrected chi connectivity index (χ1v) is 15.3. The van der Waals surface area contributed by atoms with Gasteiger partial charge in [0.05, 0.1) is 21.5 Å². The molecule has 228 valence electrons. The lowest BCUT2D eigenvalue weighted by Crippen LogP contribution is -2.42. The third-order valence-corrected chi connectivity index (χ3v) is 9.82. The van der Waals surface area contributed by atoms with E-state index in [1.54, 1.807) is 0 Å². The van der Waals surface area contributed by atoms with Crippen molar-refractivity contribution < 1.29 is 35.9 Å². The molecule has 2 aromatic rings. The molecule has 0 atom stereocenters. The first-order chi connectivity index (χ1) is 19.1. The largest absolute Gasteiger partial charge is 0.417 e. The molecule has 2 N–H and O–H groups in total. The minimum Gasteiger partial charge on any atom is -0.381 e. The molecule has 1 aromatic carbocycles. The van der Waals surface area contributed by atoms with Crippen LogP contribution in [0.5, 0.6) is 0 Å². The van der Waals surface area contributed by atoms with Crippen LogP contribution in [0.1, 0.15) is 86.8 Å². The molecule has 2 fully saturated rings. The number of alkyl halides is 6. The Morgan fingerprint density at radius 3 is 2.32 bits per heavy atom. The van der Waals surface area contributed by atoms with Crippen LogP contribution >= 0.6 is 23.3 Å². The lowest BCUT2D eigenvalue weighted by Gasteiger charge is -2.38. The van der Waals surface area contributed by atoms with E-state index in [0.29, 0.717) is 45.3 Å². The van der Waals surface area contributed by atoms with Crippen molar-refractivity contribution in [2.75, 3.05) is 13.2 Å². The molecule has 0 radical (unpaired) electrons. The number of carbonyl (C=O) groups is 1. The average Bonchev–Trinajstić information content (AvgIpc) is 3.30. The van der Waals surface area contributed by atoms with Gasteiger partial charge in [-0.2, -0.15) is 26.3 Å². The predicted octanol–water partition coefficient (Wildman–Crippen LogP) is 8.19. The van der Waals surface area contributed by atoms with Crippen molar-refractivity contribution in [2.45, 2.75) is 101 Å². The van der Waals surface area contributed by atoms with Crippen molar-refractivity contribution in [3.63, 3.8) is 0 Å². The Balaban J connectivity index is 1.76. The van der Waals surface area contributed by atoms with Crippen molar-refractivity contribution in [1.82, 2.24) is 15.0 Å². The van der Waals surface area contributed by atoms with Crippen molar-refractivity contribution in [1.29, 1.82) is 0 Å². The summed E-state index contributed by atoms with van der Waals surface area (Å²) in [4.78, 5) is 17.6. The van der Waals surface area contributed by atoms with E-state index in [9.17, 15) is 31.1 Å². The van der Waals surface area contributed by atoms with Gasteiger partial charge < -0.3 is 10.1 Å². The molecule has 1 aromatic heterocycles. The highest BCUT2D eigenvalue weighted by Crippen LogP contribution is 2.52. The quantitative estimate of drug-likeness (QED) is 0.241. The van der Waals surface area contributed by atoms with Gasteiger partial charge >= 0.3 is 12.4 Å². The fourth-order valence-electron chi connectivity index (χ4n) is 5.18. The summed E-state index contributed by atoms with van der Waals surface area (Å²) in [6.07, 6.45) is -7.21. The number of nitrogens with one attached hydrogen (secondary N) is 2. The van der Waals surface area contributed by atoms with Gasteiger partial charge in [-0.15, -0.1) is 11.3 Å². The second-order valence-electron chi connectivity index (χ2n) is 11.8. The minimum absolute atomic E-state index is 0.00713. The normalized spacial score (nSPS) is 18.9. The van der Waals surface area contributed by atoms with Crippen LogP contribution in [0.4, 0.5) is 26.3 Å². The molecule has 2 heterocycles. The molecular weight excluding hydrogens is 588 g/mol. The summed E-state index contributed by atoms with van der Waals surface area (Å²) in [6, 6.07) is 3.55. The molecule has 0 spiro atoms. The number of aromatic nitrogens is 1. The van der Waals surface area contributed by atoms with Gasteiger partial charge in [0, 0.05) is 36.1 Å². The molecule has 1 aliphatic carbocycles. The van der Waals surface area contributed by atoms with E-state index in [1.165, 1.54) is 12.1 Å². The van der Waals surface area contributed by atoms with E-state index < -0.39 is 41.2 Å². The SMILES string of the molecule is CC(C)(C)NSc1ccc(-c2sc(C(=O)NC3CCOCC3)nc2CC2(C(F)(F)F)CCCCC2)cc1C(F)(F)F. The smallest absolute Gasteiger partial charge is 0.381 e. The fraction of sp³-hybridized carbons (Fsp3) is 0.643. The molecule has 13 heteroatoms. The van der Waals surface area contributed by atoms with Crippen LogP contribution < -0.4 is 10.0 Å². The molecule has 0 unspecified atom stereocenters. The van der Waals surface area contributed by atoms with Crippen LogP contribution in [0, 0.1) is 5.41 Å². The van der Waals surface area contributed by atoms with Gasteiger partial charge in [-0.3, -0.25) is 9.52 Å².